The van der Waals surface area contributed by atoms with Gasteiger partial charge in [0.25, 0.3) is 0 Å². The average Bonchev–Trinajstić information content (AvgIpc) is 1.54. The van der Waals surface area contributed by atoms with E-state index in [4.69, 9.17) is 28.4 Å². The maximum atomic E-state index is 12.9. The number of nitrogens with zero attached hydrogens (tertiary/aromatic N) is 3. The van der Waals surface area contributed by atoms with Crippen LogP contribution in [0.5, 0.6) is 0 Å². The van der Waals surface area contributed by atoms with Crippen molar-refractivity contribution in [3.05, 3.63) is 196 Å². The molecule has 0 saturated heterocycles. The fraction of sp³-hybridized carbons (Fsp3) is 0.500. The van der Waals surface area contributed by atoms with Gasteiger partial charge in [0, 0.05) is 148 Å². The number of fused-ring (bicyclic) bond motifs is 10. The summed E-state index contributed by atoms with van der Waals surface area (Å²) in [5, 5.41) is 11.8. The van der Waals surface area contributed by atoms with Gasteiger partial charge < -0.3 is 44.4 Å². The van der Waals surface area contributed by atoms with E-state index in [-0.39, 0.29) is 141 Å². The maximum Gasteiger partial charge on any atom is 0.302 e. The minimum absolute atomic E-state index is 0.00750. The summed E-state index contributed by atoms with van der Waals surface area (Å²) in [6.07, 6.45) is 32.9. The van der Waals surface area contributed by atoms with Gasteiger partial charge in [-0.1, -0.05) is 75.4 Å². The number of hydrogen-bond donors (Lipinski definition) is 3. The Morgan fingerprint density at radius 2 is 0.960 bits per heavy atom. The lowest BCUT2D eigenvalue weighted by Crippen LogP contribution is -2.44. The number of esters is 3. The molecule has 12 aliphatic rings. The lowest BCUT2D eigenvalue weighted by atomic mass is 9.61. The zero-order valence-electron chi connectivity index (χ0n) is 58.9. The Labute approximate surface area is 586 Å². The van der Waals surface area contributed by atoms with Gasteiger partial charge in [0.15, 0.2) is 17.3 Å². The highest BCUT2D eigenvalue weighted by molar-refractivity contribution is 6.01. The number of ketones is 3. The van der Waals surface area contributed by atoms with Crippen molar-refractivity contribution in [2.24, 2.45) is 51.8 Å². The van der Waals surface area contributed by atoms with Crippen LogP contribution in [0.2, 0.25) is 0 Å². The Bertz CT molecular complexity index is 4180. The SMILES string of the molecule is CNCC1CC(=O)C2=C(C1)O[C@@H]1C(=C2)C=C[C@]2(C)[C@@H](c3cccc4cnccc34)C(OC(C)=O)C[C@@H]12.CNCC1CC(=O)C2=C(C1)O[C@@H]1C(=C2)C=C[C@]2(C)[C@@H](c3cccnc3)C(OC(C)=O)C[C@@H]12.CNCC1CC(=O)C2=C(C1)O[C@@H]1C(=C2)CC[C@]2(C)[C@@H](c3cccnc3)C(OC(C)=O)C[C@@H]12. The van der Waals surface area contributed by atoms with E-state index in [1.807, 2.05) is 70.2 Å². The average molecular weight is 1360 g/mol. The molecule has 4 saturated carbocycles. The molecule has 18 atom stereocenters. The highest BCUT2D eigenvalue weighted by atomic mass is 16.6. The van der Waals surface area contributed by atoms with E-state index >= 15 is 0 Å². The standard InChI is InChI=1S/C30H32N2O4.C26H32N2O4.C26H30N2O4/c1-17(33)35-27-14-24-29-19(13-23-25(34)11-18(15-31-3)12-26(23)36-29)7-9-30(24,2)28(27)22-6-4-5-20-16-32-10-8-21(20)22;2*1-15(29)31-23-12-20-25-17(6-7-26(20,2)24(23)18-5-4-8-28-14-18)11-19-21(30)9-16(13-27-3)10-22(19)32-25/h4-10,13,16,18,24,27-29,31H,11-12,14-15H2,1-3H3;4-5,8,11,14,16,20,23-25,27H,6-7,9-10,12-13H2,1-3H3;4-8,11,14,16,20,23-25,27H,9-10,12-13H2,1-3H3/t18?,24-,27?,28-,29+,30-;2*16?,20-,23?,24-,25+,26-/m000/s1. The van der Waals surface area contributed by atoms with Gasteiger partial charge in [-0.2, -0.15) is 0 Å². The first-order valence-corrected chi connectivity index (χ1v) is 36.1. The second-order valence-corrected chi connectivity index (χ2v) is 30.7. The van der Waals surface area contributed by atoms with Crippen molar-refractivity contribution >= 4 is 46.0 Å². The molecule has 0 amide bonds. The smallest absolute Gasteiger partial charge is 0.302 e. The number of carbonyl (C=O) groups is 6. The van der Waals surface area contributed by atoms with E-state index in [2.05, 4.69) is 118 Å². The minimum atomic E-state index is -0.291. The summed E-state index contributed by atoms with van der Waals surface area (Å²) >= 11 is 0. The van der Waals surface area contributed by atoms with Crippen molar-refractivity contribution in [2.45, 2.75) is 167 Å². The topological polar surface area (TPSA) is 233 Å². The minimum Gasteiger partial charge on any atom is -0.489 e. The van der Waals surface area contributed by atoms with Crippen LogP contribution in [0.4, 0.5) is 0 Å². The van der Waals surface area contributed by atoms with Gasteiger partial charge in [0.2, 0.25) is 0 Å². The molecule has 6 unspecified atom stereocenters. The fourth-order valence-corrected chi connectivity index (χ4v) is 20.2. The normalized spacial score (nSPS) is 34.7. The van der Waals surface area contributed by atoms with Crippen LogP contribution >= 0.6 is 0 Å². The van der Waals surface area contributed by atoms with Crippen LogP contribution in [0.3, 0.4) is 0 Å². The summed E-state index contributed by atoms with van der Waals surface area (Å²) in [7, 11) is 5.76. The molecular weight excluding hydrogens is 1260 g/mol. The van der Waals surface area contributed by atoms with Crippen molar-refractivity contribution in [3.8, 4) is 0 Å². The molecule has 3 N–H and O–H groups in total. The van der Waals surface area contributed by atoms with Crippen LogP contribution in [0.1, 0.15) is 147 Å². The van der Waals surface area contributed by atoms with Crippen LogP contribution in [-0.2, 0) is 57.2 Å². The number of aromatic nitrogens is 3. The number of hydrogen-bond acceptors (Lipinski definition) is 18. The molecule has 0 radical (unpaired) electrons. The third kappa shape index (κ3) is 12.7. The highest BCUT2D eigenvalue weighted by Gasteiger charge is 2.62. The van der Waals surface area contributed by atoms with Crippen LogP contribution in [-0.4, -0.2) is 128 Å². The van der Waals surface area contributed by atoms with E-state index in [0.29, 0.717) is 32.1 Å². The molecule has 3 aliphatic heterocycles. The molecule has 524 valence electrons. The zero-order valence-corrected chi connectivity index (χ0v) is 58.9. The summed E-state index contributed by atoms with van der Waals surface area (Å²) in [4.78, 5) is 87.6. The van der Waals surface area contributed by atoms with Crippen LogP contribution < -0.4 is 16.0 Å². The maximum absolute atomic E-state index is 12.9. The molecule has 4 aromatic rings. The first-order valence-electron chi connectivity index (χ1n) is 36.1. The quantitative estimate of drug-likeness (QED) is 0.0884. The second-order valence-electron chi connectivity index (χ2n) is 30.7. The monoisotopic (exact) mass is 1350 g/mol. The van der Waals surface area contributed by atoms with E-state index < -0.39 is 0 Å². The molecular formula is C82H94N6O12. The van der Waals surface area contributed by atoms with Crippen molar-refractivity contribution < 1.29 is 57.2 Å². The number of rotatable bonds is 12. The van der Waals surface area contributed by atoms with Gasteiger partial charge in [-0.25, -0.2) is 0 Å². The van der Waals surface area contributed by atoms with Gasteiger partial charge in [-0.05, 0) is 171 Å². The Morgan fingerprint density at radius 3 is 1.45 bits per heavy atom. The summed E-state index contributed by atoms with van der Waals surface area (Å²) in [5.41, 5.74) is 8.28. The fourth-order valence-electron chi connectivity index (χ4n) is 20.2. The number of Topliss-reactive ketones (excluding diaryl/α,β-unsaturated/α-hetero) is 3. The lowest BCUT2D eigenvalue weighted by Gasteiger charge is -2.48. The molecule has 16 rings (SSSR count). The van der Waals surface area contributed by atoms with Gasteiger partial charge in [0.1, 0.15) is 53.9 Å². The van der Waals surface area contributed by atoms with Gasteiger partial charge in [0.05, 0.1) is 16.7 Å². The Morgan fingerprint density at radius 1 is 0.510 bits per heavy atom. The molecule has 100 heavy (non-hydrogen) atoms. The number of ether oxygens (including phenoxy) is 6. The number of benzene rings is 1. The van der Waals surface area contributed by atoms with Crippen molar-refractivity contribution in [1.29, 1.82) is 0 Å². The first-order chi connectivity index (χ1) is 48.2. The largest absolute Gasteiger partial charge is 0.489 e. The number of carbonyl (C=O) groups excluding carboxylic acids is 6. The van der Waals surface area contributed by atoms with E-state index in [1.54, 1.807) is 12.4 Å². The Balaban J connectivity index is 0.000000128. The van der Waals surface area contributed by atoms with Crippen LogP contribution in [0.15, 0.2) is 179 Å². The molecule has 0 bridgehead atoms. The number of allylic oxidation sites excluding steroid dienone is 11. The summed E-state index contributed by atoms with van der Waals surface area (Å²) in [6.45, 7) is 13.7. The predicted octanol–water partition coefficient (Wildman–Crippen LogP) is 11.8. The number of nitrogens with one attached hydrogen (secondary N) is 3. The Hall–Kier alpha value is -8.45. The lowest BCUT2D eigenvalue weighted by molar-refractivity contribution is -0.148. The summed E-state index contributed by atoms with van der Waals surface area (Å²) < 4.78 is 37.7. The molecule has 1 aromatic carbocycles. The third-order valence-electron chi connectivity index (χ3n) is 24.4. The molecule has 18 nitrogen and oxygen atoms in total. The number of pyridine rings is 3. The molecule has 18 heteroatoms. The van der Waals surface area contributed by atoms with Crippen molar-refractivity contribution in [2.75, 3.05) is 40.8 Å². The zero-order chi connectivity index (χ0) is 69.9. The predicted molar refractivity (Wildman–Crippen MR) is 376 cm³/mol. The highest BCUT2D eigenvalue weighted by Crippen LogP contribution is 2.65. The first kappa shape index (κ1) is 68.7. The van der Waals surface area contributed by atoms with E-state index in [9.17, 15) is 28.8 Å². The van der Waals surface area contributed by atoms with Crippen molar-refractivity contribution in [3.63, 3.8) is 0 Å². The van der Waals surface area contributed by atoms with Gasteiger partial charge in [-0.15, -0.1) is 0 Å². The van der Waals surface area contributed by atoms with Crippen LogP contribution in [0.25, 0.3) is 10.8 Å². The summed E-state index contributed by atoms with van der Waals surface area (Å²) in [5.74, 6) is 3.50. The second kappa shape index (κ2) is 27.8. The van der Waals surface area contributed by atoms with Crippen LogP contribution in [0, 0.1) is 51.8 Å². The molecule has 3 aromatic heterocycles. The molecule has 4 fully saturated rings. The molecule has 9 aliphatic carbocycles. The van der Waals surface area contributed by atoms with Gasteiger partial charge >= 0.3 is 17.9 Å². The molecule has 6 heterocycles. The van der Waals surface area contributed by atoms with Gasteiger partial charge in [-0.3, -0.25) is 43.7 Å². The van der Waals surface area contributed by atoms with E-state index in [0.717, 1.165) is 125 Å². The molecule has 0 spiro atoms. The Kier molecular flexibility index (Phi) is 19.1. The summed E-state index contributed by atoms with van der Waals surface area (Å²) in [6, 6.07) is 16.4. The van der Waals surface area contributed by atoms with Crippen molar-refractivity contribution in [1.82, 2.24) is 30.9 Å². The van der Waals surface area contributed by atoms with E-state index in [1.165, 1.54) is 31.9 Å². The third-order valence-corrected chi connectivity index (χ3v) is 24.4.